The van der Waals surface area contributed by atoms with Crippen LogP contribution in [-0.2, 0) is 12.7 Å². The normalized spacial score (nSPS) is 11.3. The second-order valence-electron chi connectivity index (χ2n) is 4.92. The minimum atomic E-state index is -4.35. The van der Waals surface area contributed by atoms with E-state index >= 15 is 0 Å². The number of rotatable bonds is 3. The molecule has 0 fully saturated rings. The van der Waals surface area contributed by atoms with Crippen LogP contribution in [-0.4, -0.2) is 19.5 Å². The van der Waals surface area contributed by atoms with Gasteiger partial charge in [-0.15, -0.1) is 12.4 Å². The summed E-state index contributed by atoms with van der Waals surface area (Å²) in [6.07, 6.45) is 0.692. The topological polar surface area (TPSA) is 46.5 Å². The number of aryl methyl sites for hydroxylation is 1. The average Bonchev–Trinajstić information content (AvgIpc) is 3.09. The summed E-state index contributed by atoms with van der Waals surface area (Å²) in [7, 11) is 0. The fourth-order valence-electron chi connectivity index (χ4n) is 2.18. The summed E-state index contributed by atoms with van der Waals surface area (Å²) < 4.78 is 40.1. The number of benzene rings is 1. The van der Waals surface area contributed by atoms with Crippen molar-refractivity contribution in [2.45, 2.75) is 19.6 Å². The zero-order valence-corrected chi connectivity index (χ0v) is 12.9. The van der Waals surface area contributed by atoms with E-state index in [9.17, 15) is 13.2 Å². The standard InChI is InChI=1S/C15H13F3N4.ClH/c1-10-19-5-6-22(10)9-14-20-8-13(21-14)11-3-2-4-12(7-11)15(16,17)18;/h2-8H,9H2,1H3,(H,20,21);1H. The fourth-order valence-corrected chi connectivity index (χ4v) is 2.18. The van der Waals surface area contributed by atoms with Crippen molar-refractivity contribution in [2.24, 2.45) is 0 Å². The van der Waals surface area contributed by atoms with E-state index in [1.807, 2.05) is 17.7 Å². The van der Waals surface area contributed by atoms with Crippen LogP contribution in [0.5, 0.6) is 0 Å². The van der Waals surface area contributed by atoms with Gasteiger partial charge in [-0.3, -0.25) is 0 Å². The molecule has 8 heteroatoms. The number of aromatic nitrogens is 4. The van der Waals surface area contributed by atoms with E-state index in [0.29, 0.717) is 23.6 Å². The summed E-state index contributed by atoms with van der Waals surface area (Å²) in [5, 5.41) is 0. The molecular weight excluding hydrogens is 329 g/mol. The van der Waals surface area contributed by atoms with Crippen LogP contribution in [0.25, 0.3) is 11.3 Å². The first-order chi connectivity index (χ1) is 10.4. The Labute approximate surface area is 136 Å². The minimum Gasteiger partial charge on any atom is -0.340 e. The Bertz CT molecular complexity index is 792. The highest BCUT2D eigenvalue weighted by molar-refractivity contribution is 5.85. The van der Waals surface area contributed by atoms with Crippen molar-refractivity contribution < 1.29 is 13.2 Å². The first-order valence-electron chi connectivity index (χ1n) is 6.63. The largest absolute Gasteiger partial charge is 0.416 e. The van der Waals surface area contributed by atoms with Gasteiger partial charge in [0.25, 0.3) is 0 Å². The third kappa shape index (κ3) is 3.73. The number of imidazole rings is 2. The minimum absolute atomic E-state index is 0. The van der Waals surface area contributed by atoms with Crippen LogP contribution in [0, 0.1) is 6.92 Å². The van der Waals surface area contributed by atoms with Crippen molar-refractivity contribution in [3.05, 3.63) is 60.1 Å². The Hall–Kier alpha value is -2.28. The molecule has 0 radical (unpaired) electrons. The van der Waals surface area contributed by atoms with E-state index in [4.69, 9.17) is 0 Å². The van der Waals surface area contributed by atoms with Gasteiger partial charge in [0.05, 0.1) is 24.0 Å². The van der Waals surface area contributed by atoms with Crippen molar-refractivity contribution in [2.75, 3.05) is 0 Å². The van der Waals surface area contributed by atoms with Crippen molar-refractivity contribution in [3.63, 3.8) is 0 Å². The molecule has 0 saturated heterocycles. The predicted octanol–water partition coefficient (Wildman–Crippen LogP) is 4.07. The SMILES string of the molecule is Cc1nccn1Cc1ncc(-c2cccc(C(F)(F)F)c2)[nH]1.Cl. The number of alkyl halides is 3. The Balaban J connectivity index is 0.00000192. The molecule has 4 nitrogen and oxygen atoms in total. The van der Waals surface area contributed by atoms with E-state index < -0.39 is 11.7 Å². The first-order valence-corrected chi connectivity index (χ1v) is 6.63. The summed E-state index contributed by atoms with van der Waals surface area (Å²) in [5.41, 5.74) is 0.335. The number of H-pyrrole nitrogens is 1. The second-order valence-corrected chi connectivity index (χ2v) is 4.92. The van der Waals surface area contributed by atoms with Gasteiger partial charge >= 0.3 is 6.18 Å². The molecular formula is C15H14ClF3N4. The molecule has 0 aliphatic carbocycles. The Kier molecular flexibility index (Phi) is 4.79. The average molecular weight is 343 g/mol. The predicted molar refractivity (Wildman–Crippen MR) is 82.3 cm³/mol. The van der Waals surface area contributed by atoms with Crippen molar-refractivity contribution in [1.82, 2.24) is 19.5 Å². The third-order valence-electron chi connectivity index (χ3n) is 3.37. The Morgan fingerprint density at radius 2 is 2.00 bits per heavy atom. The van der Waals surface area contributed by atoms with Crippen LogP contribution in [0.1, 0.15) is 17.2 Å². The molecule has 1 aromatic carbocycles. The molecule has 0 aliphatic heterocycles. The lowest BCUT2D eigenvalue weighted by Crippen LogP contribution is -2.04. The third-order valence-corrected chi connectivity index (χ3v) is 3.37. The van der Waals surface area contributed by atoms with Gasteiger partial charge in [0.1, 0.15) is 11.6 Å². The summed E-state index contributed by atoms with van der Waals surface area (Å²) in [4.78, 5) is 11.4. The zero-order valence-electron chi connectivity index (χ0n) is 12.1. The molecule has 0 spiro atoms. The number of aromatic amines is 1. The lowest BCUT2D eigenvalue weighted by molar-refractivity contribution is -0.137. The van der Waals surface area contributed by atoms with Gasteiger partial charge in [-0.05, 0) is 19.1 Å². The smallest absolute Gasteiger partial charge is 0.340 e. The second kappa shape index (κ2) is 6.45. The van der Waals surface area contributed by atoms with E-state index in [0.717, 1.165) is 18.0 Å². The van der Waals surface area contributed by atoms with Gasteiger partial charge in [-0.25, -0.2) is 9.97 Å². The van der Waals surface area contributed by atoms with E-state index in [-0.39, 0.29) is 12.4 Å². The molecule has 122 valence electrons. The molecule has 3 aromatic rings. The molecule has 0 bridgehead atoms. The maximum atomic E-state index is 12.7. The number of hydrogen-bond acceptors (Lipinski definition) is 2. The fraction of sp³-hybridized carbons (Fsp3) is 0.200. The number of halogens is 4. The molecule has 0 aliphatic rings. The van der Waals surface area contributed by atoms with Crippen molar-refractivity contribution >= 4 is 12.4 Å². The molecule has 2 aromatic heterocycles. The number of nitrogens with zero attached hydrogens (tertiary/aromatic N) is 3. The maximum absolute atomic E-state index is 12.7. The maximum Gasteiger partial charge on any atom is 0.416 e. The highest BCUT2D eigenvalue weighted by atomic mass is 35.5. The molecule has 23 heavy (non-hydrogen) atoms. The van der Waals surface area contributed by atoms with Crippen LogP contribution in [0.2, 0.25) is 0 Å². The van der Waals surface area contributed by atoms with Gasteiger partial charge in [-0.1, -0.05) is 12.1 Å². The summed E-state index contributed by atoms with van der Waals surface area (Å²) in [6.45, 7) is 2.36. The molecule has 0 amide bonds. The highest BCUT2D eigenvalue weighted by Gasteiger charge is 2.30. The van der Waals surface area contributed by atoms with E-state index in [2.05, 4.69) is 15.0 Å². The van der Waals surface area contributed by atoms with Crippen LogP contribution in [0.3, 0.4) is 0 Å². The van der Waals surface area contributed by atoms with Crippen LogP contribution in [0.15, 0.2) is 42.9 Å². The molecule has 1 N–H and O–H groups in total. The Morgan fingerprint density at radius 3 is 2.65 bits per heavy atom. The monoisotopic (exact) mass is 342 g/mol. The molecule has 0 unspecified atom stereocenters. The van der Waals surface area contributed by atoms with Crippen LogP contribution < -0.4 is 0 Å². The van der Waals surface area contributed by atoms with Gasteiger partial charge in [0.2, 0.25) is 0 Å². The lowest BCUT2D eigenvalue weighted by Gasteiger charge is -2.07. The van der Waals surface area contributed by atoms with Gasteiger partial charge < -0.3 is 9.55 Å². The summed E-state index contributed by atoms with van der Waals surface area (Å²) in [5.74, 6) is 1.51. The van der Waals surface area contributed by atoms with Crippen molar-refractivity contribution in [3.8, 4) is 11.3 Å². The van der Waals surface area contributed by atoms with E-state index in [1.54, 1.807) is 12.3 Å². The molecule has 3 rings (SSSR count). The highest BCUT2D eigenvalue weighted by Crippen LogP contribution is 2.31. The van der Waals surface area contributed by atoms with Gasteiger partial charge in [0.15, 0.2) is 0 Å². The Morgan fingerprint density at radius 1 is 1.22 bits per heavy atom. The van der Waals surface area contributed by atoms with Crippen molar-refractivity contribution in [1.29, 1.82) is 0 Å². The number of hydrogen-bond donors (Lipinski definition) is 1. The lowest BCUT2D eigenvalue weighted by atomic mass is 10.1. The van der Waals surface area contributed by atoms with Gasteiger partial charge in [-0.2, -0.15) is 13.2 Å². The van der Waals surface area contributed by atoms with Crippen LogP contribution >= 0.6 is 12.4 Å². The quantitative estimate of drug-likeness (QED) is 0.780. The van der Waals surface area contributed by atoms with E-state index in [1.165, 1.54) is 12.3 Å². The summed E-state index contributed by atoms with van der Waals surface area (Å²) in [6, 6.07) is 5.17. The number of nitrogens with one attached hydrogen (secondary N) is 1. The van der Waals surface area contributed by atoms with Crippen LogP contribution in [0.4, 0.5) is 13.2 Å². The molecule has 0 atom stereocenters. The molecule has 0 saturated carbocycles. The zero-order chi connectivity index (χ0) is 15.7. The first kappa shape index (κ1) is 17.1. The van der Waals surface area contributed by atoms with Gasteiger partial charge in [0, 0.05) is 18.0 Å². The summed E-state index contributed by atoms with van der Waals surface area (Å²) >= 11 is 0. The molecule has 2 heterocycles.